The van der Waals surface area contributed by atoms with Crippen LogP contribution in [0.1, 0.15) is 16.8 Å². The molecule has 0 aliphatic heterocycles. The van der Waals surface area contributed by atoms with Crippen LogP contribution in [0.2, 0.25) is 0 Å². The number of halogens is 1. The van der Waals surface area contributed by atoms with Crippen molar-refractivity contribution in [3.8, 4) is 17.1 Å². The van der Waals surface area contributed by atoms with E-state index >= 15 is 0 Å². The van der Waals surface area contributed by atoms with Gasteiger partial charge in [-0.05, 0) is 66.6 Å². The van der Waals surface area contributed by atoms with Gasteiger partial charge in [-0.15, -0.1) is 0 Å². The Kier molecular flexibility index (Phi) is 3.43. The van der Waals surface area contributed by atoms with Crippen molar-refractivity contribution in [2.75, 3.05) is 5.73 Å². The lowest BCUT2D eigenvalue weighted by atomic mass is 10.1. The number of anilines is 1. The highest BCUT2D eigenvalue weighted by molar-refractivity contribution is 14.1. The van der Waals surface area contributed by atoms with Crippen LogP contribution in [0.4, 0.5) is 5.82 Å². The molecule has 1 aromatic carbocycles. The lowest BCUT2D eigenvalue weighted by molar-refractivity contribution is 0.467. The minimum atomic E-state index is 0.314. The Balaban J connectivity index is 2.63. The maximum absolute atomic E-state index is 9.76. The average Bonchev–Trinajstić information content (AvgIpc) is 2.31. The Labute approximate surface area is 119 Å². The molecule has 0 fully saturated rings. The van der Waals surface area contributed by atoms with E-state index in [1.807, 2.05) is 32.9 Å². The van der Waals surface area contributed by atoms with Crippen LogP contribution in [-0.4, -0.2) is 15.1 Å². The second-order valence-electron chi connectivity index (χ2n) is 4.29. The molecule has 5 heteroatoms. The first kappa shape index (κ1) is 13.1. The molecule has 1 heterocycles. The van der Waals surface area contributed by atoms with Crippen molar-refractivity contribution in [2.45, 2.75) is 20.8 Å². The molecule has 0 atom stereocenters. The molecule has 0 saturated heterocycles. The number of aromatic hydroxyl groups is 1. The van der Waals surface area contributed by atoms with Crippen LogP contribution in [-0.2, 0) is 0 Å². The van der Waals surface area contributed by atoms with Gasteiger partial charge >= 0.3 is 0 Å². The molecule has 2 aromatic rings. The fraction of sp³-hybridized carbons (Fsp3) is 0.231. The molecule has 4 nitrogen and oxygen atoms in total. The summed E-state index contributed by atoms with van der Waals surface area (Å²) >= 11 is 2.13. The quantitative estimate of drug-likeness (QED) is 0.772. The second kappa shape index (κ2) is 4.72. The molecule has 0 aliphatic carbocycles. The molecule has 0 saturated carbocycles. The van der Waals surface area contributed by atoms with E-state index in [0.29, 0.717) is 17.4 Å². The molecular formula is C13H14IN3O. The number of hydrogen-bond donors (Lipinski definition) is 2. The summed E-state index contributed by atoms with van der Waals surface area (Å²) in [4.78, 5) is 8.73. The van der Waals surface area contributed by atoms with Crippen molar-refractivity contribution in [1.82, 2.24) is 9.97 Å². The summed E-state index contributed by atoms with van der Waals surface area (Å²) in [7, 11) is 0. The Morgan fingerprint density at radius 1 is 1.11 bits per heavy atom. The van der Waals surface area contributed by atoms with Crippen LogP contribution >= 0.6 is 22.6 Å². The van der Waals surface area contributed by atoms with Gasteiger partial charge in [0.2, 0.25) is 0 Å². The van der Waals surface area contributed by atoms with Crippen LogP contribution in [0.25, 0.3) is 11.4 Å². The molecule has 0 aliphatic rings. The number of hydrogen-bond acceptors (Lipinski definition) is 4. The maximum Gasteiger partial charge on any atom is 0.161 e. The summed E-state index contributed by atoms with van der Waals surface area (Å²) in [6.07, 6.45) is 0. The summed E-state index contributed by atoms with van der Waals surface area (Å²) in [6, 6.07) is 3.73. The first-order chi connectivity index (χ1) is 8.40. The monoisotopic (exact) mass is 355 g/mol. The SMILES string of the molecule is Cc1cc(-c2nc(C)c(I)c(N)n2)cc(C)c1O. The lowest BCUT2D eigenvalue weighted by Crippen LogP contribution is -2.02. The zero-order valence-electron chi connectivity index (χ0n) is 10.5. The van der Waals surface area contributed by atoms with Gasteiger partial charge in [0, 0.05) is 5.56 Å². The summed E-state index contributed by atoms with van der Waals surface area (Å²) in [5, 5.41) is 9.76. The van der Waals surface area contributed by atoms with Crippen molar-refractivity contribution in [3.63, 3.8) is 0 Å². The highest BCUT2D eigenvalue weighted by atomic mass is 127. The standard InChI is InChI=1S/C13H14IN3O/c1-6-4-9(5-7(2)11(6)18)13-16-8(3)10(14)12(15)17-13/h4-5,18H,1-3H3,(H2,15,16,17). The predicted octanol–water partition coefficient (Wildman–Crippen LogP) is 2.96. The molecule has 1 aromatic heterocycles. The normalized spacial score (nSPS) is 10.7. The molecule has 0 amide bonds. The van der Waals surface area contributed by atoms with Gasteiger partial charge in [0.15, 0.2) is 5.82 Å². The van der Waals surface area contributed by atoms with E-state index in [4.69, 9.17) is 5.73 Å². The molecular weight excluding hydrogens is 341 g/mol. The fourth-order valence-electron chi connectivity index (χ4n) is 1.80. The van der Waals surface area contributed by atoms with E-state index in [1.165, 1.54) is 0 Å². The third kappa shape index (κ3) is 2.27. The molecule has 0 spiro atoms. The topological polar surface area (TPSA) is 72.0 Å². The van der Waals surface area contributed by atoms with Crippen molar-refractivity contribution in [3.05, 3.63) is 32.5 Å². The van der Waals surface area contributed by atoms with Crippen molar-refractivity contribution in [2.24, 2.45) is 0 Å². The summed E-state index contributed by atoms with van der Waals surface area (Å²) in [5.41, 5.74) is 9.21. The Morgan fingerprint density at radius 3 is 2.17 bits per heavy atom. The summed E-state index contributed by atoms with van der Waals surface area (Å²) in [5.74, 6) is 1.40. The molecule has 2 rings (SSSR count). The number of nitrogen functional groups attached to an aromatic ring is 1. The number of nitrogens with two attached hydrogens (primary N) is 1. The number of aryl methyl sites for hydroxylation is 3. The van der Waals surface area contributed by atoms with Crippen LogP contribution < -0.4 is 5.73 Å². The van der Waals surface area contributed by atoms with Gasteiger partial charge in [-0.3, -0.25) is 0 Å². The lowest BCUT2D eigenvalue weighted by Gasteiger charge is -2.09. The van der Waals surface area contributed by atoms with E-state index in [-0.39, 0.29) is 0 Å². The minimum absolute atomic E-state index is 0.314. The smallest absolute Gasteiger partial charge is 0.161 e. The summed E-state index contributed by atoms with van der Waals surface area (Å²) < 4.78 is 0.878. The number of phenolic OH excluding ortho intramolecular Hbond substituents is 1. The zero-order chi connectivity index (χ0) is 13.4. The van der Waals surface area contributed by atoms with Gasteiger partial charge in [0.05, 0.1) is 9.26 Å². The van der Waals surface area contributed by atoms with E-state index in [0.717, 1.165) is 26.0 Å². The predicted molar refractivity (Wildman–Crippen MR) is 80.5 cm³/mol. The Morgan fingerprint density at radius 2 is 1.67 bits per heavy atom. The first-order valence-corrected chi connectivity index (χ1v) is 6.58. The van der Waals surface area contributed by atoms with E-state index in [9.17, 15) is 5.11 Å². The van der Waals surface area contributed by atoms with Crippen molar-refractivity contribution in [1.29, 1.82) is 0 Å². The van der Waals surface area contributed by atoms with Crippen LogP contribution in [0, 0.1) is 24.3 Å². The average molecular weight is 355 g/mol. The van der Waals surface area contributed by atoms with E-state index < -0.39 is 0 Å². The molecule has 0 radical (unpaired) electrons. The molecule has 94 valence electrons. The molecule has 0 bridgehead atoms. The zero-order valence-corrected chi connectivity index (χ0v) is 12.6. The number of nitrogens with zero attached hydrogens (tertiary/aromatic N) is 2. The van der Waals surface area contributed by atoms with Crippen molar-refractivity contribution >= 4 is 28.4 Å². The number of phenols is 1. The first-order valence-electron chi connectivity index (χ1n) is 5.50. The summed E-state index contributed by atoms with van der Waals surface area (Å²) in [6.45, 7) is 5.62. The van der Waals surface area contributed by atoms with Gasteiger partial charge in [-0.25, -0.2) is 9.97 Å². The number of benzene rings is 1. The Hall–Kier alpha value is -1.37. The molecule has 3 N–H and O–H groups in total. The van der Waals surface area contributed by atoms with Gasteiger partial charge in [0.25, 0.3) is 0 Å². The van der Waals surface area contributed by atoms with Gasteiger partial charge in [-0.1, -0.05) is 0 Å². The van der Waals surface area contributed by atoms with Crippen LogP contribution in [0.15, 0.2) is 12.1 Å². The second-order valence-corrected chi connectivity index (χ2v) is 5.37. The fourth-order valence-corrected chi connectivity index (χ4v) is 2.04. The third-order valence-electron chi connectivity index (χ3n) is 2.79. The Bertz CT molecular complexity index is 524. The number of aromatic nitrogens is 2. The van der Waals surface area contributed by atoms with Gasteiger partial charge in [-0.2, -0.15) is 0 Å². The van der Waals surface area contributed by atoms with Crippen molar-refractivity contribution < 1.29 is 5.11 Å². The molecule has 18 heavy (non-hydrogen) atoms. The highest BCUT2D eigenvalue weighted by Gasteiger charge is 2.11. The highest BCUT2D eigenvalue weighted by Crippen LogP contribution is 2.28. The van der Waals surface area contributed by atoms with Crippen LogP contribution in [0.5, 0.6) is 5.75 Å². The number of rotatable bonds is 1. The van der Waals surface area contributed by atoms with Crippen LogP contribution in [0.3, 0.4) is 0 Å². The van der Waals surface area contributed by atoms with E-state index in [1.54, 1.807) is 0 Å². The molecule has 0 unspecified atom stereocenters. The minimum Gasteiger partial charge on any atom is -0.507 e. The van der Waals surface area contributed by atoms with Gasteiger partial charge < -0.3 is 10.8 Å². The third-order valence-corrected chi connectivity index (χ3v) is 4.12. The van der Waals surface area contributed by atoms with E-state index in [2.05, 4.69) is 32.6 Å². The van der Waals surface area contributed by atoms with Gasteiger partial charge in [0.1, 0.15) is 11.6 Å². The maximum atomic E-state index is 9.76. The largest absolute Gasteiger partial charge is 0.507 e.